The van der Waals surface area contributed by atoms with Crippen molar-refractivity contribution in [2.24, 2.45) is 5.92 Å². The van der Waals surface area contributed by atoms with Crippen molar-refractivity contribution in [3.8, 4) is 5.69 Å². The van der Waals surface area contributed by atoms with E-state index in [1.54, 1.807) is 10.9 Å². The second-order valence-corrected chi connectivity index (χ2v) is 6.70. The number of aromatic nitrogens is 2. The van der Waals surface area contributed by atoms with Gasteiger partial charge in [-0.05, 0) is 51.2 Å². The van der Waals surface area contributed by atoms with E-state index in [2.05, 4.69) is 10.4 Å². The molecule has 0 spiro atoms. The Bertz CT molecular complexity index is 789. The number of hydrogen-bond acceptors (Lipinski definition) is 3. The Morgan fingerprint density at radius 1 is 1.16 bits per heavy atom. The number of carbonyl (C=O) groups is 2. The van der Waals surface area contributed by atoms with Crippen LogP contribution in [-0.2, 0) is 4.79 Å². The molecular weight excluding hydrogens is 318 g/mol. The monoisotopic (exact) mass is 341 g/mol. The van der Waals surface area contributed by atoms with Crippen molar-refractivity contribution in [1.82, 2.24) is 15.1 Å². The number of amides is 1. The van der Waals surface area contributed by atoms with Crippen molar-refractivity contribution in [2.75, 3.05) is 0 Å². The molecule has 0 bridgehead atoms. The molecule has 1 aliphatic rings. The second-order valence-electron chi connectivity index (χ2n) is 6.70. The van der Waals surface area contributed by atoms with Crippen molar-refractivity contribution < 1.29 is 14.7 Å². The number of aryl methyl sites for hydroxylation is 1. The highest BCUT2D eigenvalue weighted by molar-refractivity contribution is 5.95. The van der Waals surface area contributed by atoms with Crippen LogP contribution in [0.15, 0.2) is 30.5 Å². The van der Waals surface area contributed by atoms with E-state index in [-0.39, 0.29) is 17.9 Å². The molecule has 1 heterocycles. The maximum absolute atomic E-state index is 12.6. The van der Waals surface area contributed by atoms with E-state index in [1.165, 1.54) is 0 Å². The van der Waals surface area contributed by atoms with Crippen molar-refractivity contribution in [3.63, 3.8) is 0 Å². The number of rotatable bonds is 4. The number of hydrogen-bond donors (Lipinski definition) is 2. The molecule has 1 fully saturated rings. The van der Waals surface area contributed by atoms with E-state index < -0.39 is 5.97 Å². The molecule has 6 nitrogen and oxygen atoms in total. The summed E-state index contributed by atoms with van der Waals surface area (Å²) in [5.74, 6) is -1.16. The van der Waals surface area contributed by atoms with Gasteiger partial charge in [0.2, 0.25) is 0 Å². The first-order valence-corrected chi connectivity index (χ1v) is 8.61. The highest BCUT2D eigenvalue weighted by atomic mass is 16.4. The quantitative estimate of drug-likeness (QED) is 0.895. The first-order chi connectivity index (χ1) is 12.0. The summed E-state index contributed by atoms with van der Waals surface area (Å²) in [6.45, 7) is 3.90. The van der Waals surface area contributed by atoms with Gasteiger partial charge in [0.15, 0.2) is 0 Å². The highest BCUT2D eigenvalue weighted by Crippen LogP contribution is 2.25. The molecule has 0 saturated heterocycles. The van der Waals surface area contributed by atoms with Gasteiger partial charge in [-0.2, -0.15) is 5.10 Å². The minimum atomic E-state index is -0.736. The van der Waals surface area contributed by atoms with Crippen LogP contribution < -0.4 is 5.32 Å². The predicted molar refractivity (Wildman–Crippen MR) is 93.9 cm³/mol. The van der Waals surface area contributed by atoms with Crippen LogP contribution in [0.3, 0.4) is 0 Å². The van der Waals surface area contributed by atoms with Crippen molar-refractivity contribution >= 4 is 11.9 Å². The van der Waals surface area contributed by atoms with Gasteiger partial charge in [0.1, 0.15) is 0 Å². The number of nitrogens with one attached hydrogen (secondary N) is 1. The molecule has 1 aliphatic carbocycles. The highest BCUT2D eigenvalue weighted by Gasteiger charge is 2.27. The maximum Gasteiger partial charge on any atom is 0.306 e. The predicted octanol–water partition coefficient (Wildman–Crippen LogP) is 2.86. The molecule has 2 N–H and O–H groups in total. The normalized spacial score (nSPS) is 20.2. The van der Waals surface area contributed by atoms with Gasteiger partial charge in [0.25, 0.3) is 5.91 Å². The molecule has 0 aliphatic heterocycles. The number of carboxylic acids is 1. The molecule has 0 radical (unpaired) electrons. The van der Waals surface area contributed by atoms with Gasteiger partial charge in [-0.1, -0.05) is 18.2 Å². The fourth-order valence-corrected chi connectivity index (χ4v) is 3.42. The number of benzene rings is 1. The third-order valence-corrected chi connectivity index (χ3v) is 5.01. The van der Waals surface area contributed by atoms with Crippen LogP contribution in [-0.4, -0.2) is 32.8 Å². The molecular formula is C19H23N3O3. The Morgan fingerprint density at radius 3 is 2.48 bits per heavy atom. The number of aliphatic carboxylic acids is 1. The molecule has 1 saturated carbocycles. The molecule has 25 heavy (non-hydrogen) atoms. The van der Waals surface area contributed by atoms with Gasteiger partial charge < -0.3 is 10.4 Å². The molecule has 1 aromatic carbocycles. The summed E-state index contributed by atoms with van der Waals surface area (Å²) < 4.78 is 1.78. The summed E-state index contributed by atoms with van der Waals surface area (Å²) in [5.41, 5.74) is 3.41. The molecule has 0 unspecified atom stereocenters. The maximum atomic E-state index is 12.6. The second kappa shape index (κ2) is 7.09. The topological polar surface area (TPSA) is 84.2 Å². The number of carbonyl (C=O) groups excluding carboxylic acids is 1. The third kappa shape index (κ3) is 3.57. The molecule has 6 heteroatoms. The Balaban J connectivity index is 1.70. The summed E-state index contributed by atoms with van der Waals surface area (Å²) in [6, 6.07) is 7.94. The lowest BCUT2D eigenvalue weighted by Crippen LogP contribution is -2.38. The summed E-state index contributed by atoms with van der Waals surface area (Å²) in [7, 11) is 0. The Kier molecular flexibility index (Phi) is 4.88. The van der Waals surface area contributed by atoms with Crippen molar-refractivity contribution in [2.45, 2.75) is 45.6 Å². The minimum Gasteiger partial charge on any atom is -0.481 e. The first kappa shape index (κ1) is 17.2. The third-order valence-electron chi connectivity index (χ3n) is 5.01. The first-order valence-electron chi connectivity index (χ1n) is 8.61. The molecule has 3 rings (SSSR count). The zero-order chi connectivity index (χ0) is 18.0. The lowest BCUT2D eigenvalue weighted by atomic mass is 9.86. The summed E-state index contributed by atoms with van der Waals surface area (Å²) in [6.07, 6.45) is 4.23. The number of nitrogens with zero attached hydrogens (tertiary/aromatic N) is 2. The van der Waals surface area contributed by atoms with E-state index in [1.807, 2.05) is 38.1 Å². The van der Waals surface area contributed by atoms with E-state index >= 15 is 0 Å². The van der Waals surface area contributed by atoms with E-state index in [4.69, 9.17) is 5.11 Å². The average molecular weight is 341 g/mol. The van der Waals surface area contributed by atoms with E-state index in [9.17, 15) is 9.59 Å². The van der Waals surface area contributed by atoms with E-state index in [0.29, 0.717) is 31.2 Å². The zero-order valence-corrected chi connectivity index (χ0v) is 14.5. The van der Waals surface area contributed by atoms with Crippen LogP contribution in [0.5, 0.6) is 0 Å². The summed E-state index contributed by atoms with van der Waals surface area (Å²) >= 11 is 0. The summed E-state index contributed by atoms with van der Waals surface area (Å²) in [4.78, 5) is 23.6. The lowest BCUT2D eigenvalue weighted by molar-refractivity contribution is -0.142. The standard InChI is InChI=1S/C19H23N3O3/c1-12-5-3-4-6-17(12)22-13(2)16(11-20-22)18(23)21-15-9-7-14(8-10-15)19(24)25/h3-6,11,14-15H,7-10H2,1-2H3,(H,21,23)(H,24,25). The molecule has 0 atom stereocenters. The van der Waals surface area contributed by atoms with Gasteiger partial charge >= 0.3 is 5.97 Å². The van der Waals surface area contributed by atoms with Crippen LogP contribution in [0.4, 0.5) is 0 Å². The largest absolute Gasteiger partial charge is 0.481 e. The van der Waals surface area contributed by atoms with Crippen LogP contribution in [0.25, 0.3) is 5.69 Å². The smallest absolute Gasteiger partial charge is 0.306 e. The molecule has 1 amide bonds. The fraction of sp³-hybridized carbons (Fsp3) is 0.421. The lowest BCUT2D eigenvalue weighted by Gasteiger charge is -2.26. The SMILES string of the molecule is Cc1ccccc1-n1ncc(C(=O)NC2CCC(C(=O)O)CC2)c1C. The Morgan fingerprint density at radius 2 is 1.84 bits per heavy atom. The van der Waals surface area contributed by atoms with Crippen LogP contribution in [0.2, 0.25) is 0 Å². The number of carboxylic acid groups (broad SMARTS) is 1. The van der Waals surface area contributed by atoms with Crippen molar-refractivity contribution in [3.05, 3.63) is 47.3 Å². The Labute approximate surface area is 146 Å². The van der Waals surface area contributed by atoms with Crippen LogP contribution >= 0.6 is 0 Å². The van der Waals surface area contributed by atoms with Gasteiger partial charge in [-0.25, -0.2) is 4.68 Å². The van der Waals surface area contributed by atoms with Crippen molar-refractivity contribution in [1.29, 1.82) is 0 Å². The fourth-order valence-electron chi connectivity index (χ4n) is 3.42. The van der Waals surface area contributed by atoms with Gasteiger partial charge in [-0.3, -0.25) is 9.59 Å². The van der Waals surface area contributed by atoms with E-state index in [0.717, 1.165) is 16.9 Å². The Hall–Kier alpha value is -2.63. The summed E-state index contributed by atoms with van der Waals surface area (Å²) in [5, 5.41) is 16.5. The van der Waals surface area contributed by atoms with Gasteiger partial charge in [-0.15, -0.1) is 0 Å². The zero-order valence-electron chi connectivity index (χ0n) is 14.5. The molecule has 2 aromatic rings. The van der Waals surface area contributed by atoms with Crippen LogP contribution in [0.1, 0.15) is 47.3 Å². The number of para-hydroxylation sites is 1. The van der Waals surface area contributed by atoms with Gasteiger partial charge in [0, 0.05) is 6.04 Å². The van der Waals surface area contributed by atoms with Crippen LogP contribution in [0, 0.1) is 19.8 Å². The average Bonchev–Trinajstić information content (AvgIpc) is 2.97. The molecule has 1 aromatic heterocycles. The molecule has 132 valence electrons. The minimum absolute atomic E-state index is 0.0318. The van der Waals surface area contributed by atoms with Gasteiger partial charge in [0.05, 0.1) is 29.1 Å².